The van der Waals surface area contributed by atoms with Gasteiger partial charge < -0.3 is 18.9 Å². The van der Waals surface area contributed by atoms with Crippen LogP contribution in [0.5, 0.6) is 0 Å². The van der Waals surface area contributed by atoms with Crippen molar-refractivity contribution < 1.29 is 42.1 Å². The quantitative estimate of drug-likeness (QED) is 0.0211. The van der Waals surface area contributed by atoms with Gasteiger partial charge in [0.2, 0.25) is 0 Å². The number of phosphoric ester groups is 1. The van der Waals surface area contributed by atoms with Crippen LogP contribution in [0, 0.1) is 0 Å². The summed E-state index contributed by atoms with van der Waals surface area (Å²) in [4.78, 5) is 35.9. The van der Waals surface area contributed by atoms with Crippen molar-refractivity contribution in [1.29, 1.82) is 0 Å². The van der Waals surface area contributed by atoms with Crippen LogP contribution in [0.4, 0.5) is 0 Å². The Labute approximate surface area is 549 Å². The molecule has 9 nitrogen and oxygen atoms in total. The van der Waals surface area contributed by atoms with Crippen LogP contribution < -0.4 is 0 Å². The van der Waals surface area contributed by atoms with Gasteiger partial charge >= 0.3 is 19.8 Å². The van der Waals surface area contributed by atoms with Gasteiger partial charge in [0.05, 0.1) is 27.7 Å². The summed E-state index contributed by atoms with van der Waals surface area (Å²) in [5.74, 6) is -0.771. The van der Waals surface area contributed by atoms with Crippen LogP contribution in [0.25, 0.3) is 0 Å². The maximum absolute atomic E-state index is 12.9. The summed E-state index contributed by atoms with van der Waals surface area (Å²) in [7, 11) is 1.50. The molecule has 522 valence electrons. The van der Waals surface area contributed by atoms with Gasteiger partial charge in [0.15, 0.2) is 6.10 Å². The summed E-state index contributed by atoms with van der Waals surface area (Å²) in [5.41, 5.74) is 0. The van der Waals surface area contributed by atoms with Crippen LogP contribution in [-0.4, -0.2) is 74.9 Å². The summed E-state index contributed by atoms with van der Waals surface area (Å²) in [6.45, 7) is 4.51. The van der Waals surface area contributed by atoms with Crippen LogP contribution in [0.1, 0.15) is 412 Å². The molecule has 0 aliphatic rings. The van der Waals surface area contributed by atoms with Crippen LogP contribution in [-0.2, 0) is 32.7 Å². The third kappa shape index (κ3) is 73.5. The summed E-state index contributed by atoms with van der Waals surface area (Å²) in [5, 5.41) is 0. The molecule has 1 N–H and O–H groups in total. The number of allylic oxidation sites excluding steroid dienone is 4. The topological polar surface area (TPSA) is 108 Å². The van der Waals surface area contributed by atoms with Gasteiger partial charge in [-0.1, -0.05) is 378 Å². The van der Waals surface area contributed by atoms with Crippen molar-refractivity contribution in [2.24, 2.45) is 0 Å². The first-order valence-electron chi connectivity index (χ1n) is 39.1. The molecule has 0 aromatic rings. The average molecular weight is 1260 g/mol. The number of hydrogen-bond donors (Lipinski definition) is 1. The molecule has 2 unspecified atom stereocenters. The molecule has 0 aliphatic heterocycles. The number of hydrogen-bond acceptors (Lipinski definition) is 7. The number of rotatable bonds is 74. The molecule has 0 spiro atoms. The molecule has 0 aromatic heterocycles. The number of ether oxygens (including phenoxy) is 2. The van der Waals surface area contributed by atoms with E-state index in [2.05, 4.69) is 38.2 Å². The molecule has 0 amide bonds. The number of esters is 2. The zero-order chi connectivity index (χ0) is 64.1. The molecule has 0 radical (unpaired) electrons. The second-order valence-electron chi connectivity index (χ2n) is 28.1. The SMILES string of the molecule is CCCCCCC/C=C\C/C=C\CCCCCCCCCCCCCCCCCCCC(=O)OC(COC(=O)CCCCCCCCCCCCCCCCCCCCCCCCCCCCCCCCCCCCC)COP(=O)(O)OCC[N+](C)(C)C. The summed E-state index contributed by atoms with van der Waals surface area (Å²) < 4.78 is 34.8. The fourth-order valence-corrected chi connectivity index (χ4v) is 12.7. The Kier molecular flexibility index (Phi) is 68.6. The second kappa shape index (κ2) is 69.8. The average Bonchev–Trinajstić information content (AvgIpc) is 3.68. The maximum Gasteiger partial charge on any atom is 0.472 e. The lowest BCUT2D eigenvalue weighted by Crippen LogP contribution is -2.37. The molecular formula is C78H153NO8P+. The number of phosphoric acid groups is 1. The minimum atomic E-state index is -4.39. The molecule has 88 heavy (non-hydrogen) atoms. The van der Waals surface area contributed by atoms with E-state index in [4.69, 9.17) is 18.5 Å². The fourth-order valence-electron chi connectivity index (χ4n) is 12.0. The lowest BCUT2D eigenvalue weighted by atomic mass is 10.0. The zero-order valence-corrected chi connectivity index (χ0v) is 60.6. The van der Waals surface area contributed by atoms with Crippen molar-refractivity contribution in [3.05, 3.63) is 24.3 Å². The molecule has 0 saturated heterocycles. The normalized spacial score (nSPS) is 13.1. The van der Waals surface area contributed by atoms with E-state index in [9.17, 15) is 19.0 Å². The number of carbonyl (C=O) groups is 2. The van der Waals surface area contributed by atoms with Crippen molar-refractivity contribution in [3.63, 3.8) is 0 Å². The van der Waals surface area contributed by atoms with Crippen LogP contribution in [0.15, 0.2) is 24.3 Å². The lowest BCUT2D eigenvalue weighted by Gasteiger charge is -2.24. The highest BCUT2D eigenvalue weighted by Crippen LogP contribution is 2.43. The molecule has 0 heterocycles. The van der Waals surface area contributed by atoms with E-state index >= 15 is 0 Å². The van der Waals surface area contributed by atoms with Crippen molar-refractivity contribution in [3.8, 4) is 0 Å². The predicted octanol–water partition coefficient (Wildman–Crippen LogP) is 25.6. The Bertz CT molecular complexity index is 1530. The van der Waals surface area contributed by atoms with E-state index in [0.717, 1.165) is 38.5 Å². The number of unbranched alkanes of at least 4 members (excludes halogenated alkanes) is 56. The molecule has 0 bridgehead atoms. The van der Waals surface area contributed by atoms with Gasteiger partial charge in [-0.05, 0) is 44.9 Å². The highest BCUT2D eigenvalue weighted by atomic mass is 31.2. The molecular weight excluding hydrogens is 1110 g/mol. The van der Waals surface area contributed by atoms with Gasteiger partial charge in [0.25, 0.3) is 0 Å². The third-order valence-corrected chi connectivity index (χ3v) is 19.0. The zero-order valence-electron chi connectivity index (χ0n) is 59.8. The Morgan fingerprint density at radius 1 is 0.352 bits per heavy atom. The minimum Gasteiger partial charge on any atom is -0.462 e. The summed E-state index contributed by atoms with van der Waals surface area (Å²) in [6.07, 6.45) is 89.0. The molecule has 2 atom stereocenters. The maximum atomic E-state index is 12.9. The van der Waals surface area contributed by atoms with E-state index in [-0.39, 0.29) is 25.6 Å². The highest BCUT2D eigenvalue weighted by molar-refractivity contribution is 7.47. The number of nitrogens with zero attached hydrogens (tertiary/aromatic N) is 1. The Morgan fingerprint density at radius 2 is 0.614 bits per heavy atom. The van der Waals surface area contributed by atoms with Gasteiger partial charge in [-0.2, -0.15) is 0 Å². The second-order valence-corrected chi connectivity index (χ2v) is 29.6. The third-order valence-electron chi connectivity index (χ3n) is 18.0. The summed E-state index contributed by atoms with van der Waals surface area (Å²) in [6, 6.07) is 0. The van der Waals surface area contributed by atoms with E-state index < -0.39 is 26.5 Å². The van der Waals surface area contributed by atoms with Crippen LogP contribution in [0.3, 0.4) is 0 Å². The molecule has 0 fully saturated rings. The Morgan fingerprint density at radius 3 is 0.898 bits per heavy atom. The van der Waals surface area contributed by atoms with Crippen LogP contribution in [0.2, 0.25) is 0 Å². The van der Waals surface area contributed by atoms with Crippen molar-refractivity contribution in [1.82, 2.24) is 0 Å². The predicted molar refractivity (Wildman–Crippen MR) is 381 cm³/mol. The highest BCUT2D eigenvalue weighted by Gasteiger charge is 2.27. The standard InChI is InChI=1S/C78H152NO8P/c1-6-8-10-12-14-16-18-20-22-24-26-28-30-32-34-36-37-38-39-40-41-43-44-46-48-50-52-54-56-58-60-62-64-66-68-70-77(80)84-74-76(75-86-88(82,83)85-73-72-79(3,4)5)87-78(81)71-69-67-65-63-61-59-57-55-53-51-49-47-45-42-35-33-31-29-27-25-23-21-19-17-15-13-11-9-7-2/h19,21,25,27,76H,6-18,20,22-24,26,28-75H2,1-5H3/p+1/b21-19-,27-25-. The van der Waals surface area contributed by atoms with Crippen molar-refractivity contribution >= 4 is 19.8 Å². The fraction of sp³-hybridized carbons (Fsp3) is 0.923. The Hall–Kier alpha value is -1.51. The van der Waals surface area contributed by atoms with Gasteiger partial charge in [-0.3, -0.25) is 18.6 Å². The van der Waals surface area contributed by atoms with Gasteiger partial charge in [0, 0.05) is 12.8 Å². The van der Waals surface area contributed by atoms with E-state index in [0.29, 0.717) is 23.9 Å². The molecule has 0 rings (SSSR count). The monoisotopic (exact) mass is 1260 g/mol. The Balaban J connectivity index is 3.91. The van der Waals surface area contributed by atoms with Crippen molar-refractivity contribution in [2.45, 2.75) is 418 Å². The first-order chi connectivity index (χ1) is 43.0. The molecule has 0 aromatic carbocycles. The van der Waals surface area contributed by atoms with Gasteiger partial charge in [-0.25, -0.2) is 4.57 Å². The van der Waals surface area contributed by atoms with E-state index in [1.165, 1.54) is 340 Å². The molecule has 10 heteroatoms. The smallest absolute Gasteiger partial charge is 0.462 e. The minimum absolute atomic E-state index is 0.0356. The number of carbonyl (C=O) groups excluding carboxylic acids is 2. The first-order valence-corrected chi connectivity index (χ1v) is 40.6. The molecule has 0 saturated carbocycles. The van der Waals surface area contributed by atoms with E-state index in [1.54, 1.807) is 0 Å². The number of quaternary nitrogens is 1. The van der Waals surface area contributed by atoms with Crippen molar-refractivity contribution in [2.75, 3.05) is 47.5 Å². The summed E-state index contributed by atoms with van der Waals surface area (Å²) >= 11 is 0. The largest absolute Gasteiger partial charge is 0.472 e. The first kappa shape index (κ1) is 86.5. The van der Waals surface area contributed by atoms with E-state index in [1.807, 2.05) is 21.1 Å². The van der Waals surface area contributed by atoms with Gasteiger partial charge in [0.1, 0.15) is 19.8 Å². The number of likely N-dealkylation sites (N-methyl/N-ethyl adjacent to an activating group) is 1. The van der Waals surface area contributed by atoms with Crippen LogP contribution >= 0.6 is 7.82 Å². The lowest BCUT2D eigenvalue weighted by molar-refractivity contribution is -0.870. The van der Waals surface area contributed by atoms with Gasteiger partial charge in [-0.15, -0.1) is 0 Å². The molecule has 0 aliphatic carbocycles.